The van der Waals surface area contributed by atoms with Gasteiger partial charge in [-0.05, 0) is 141 Å². The number of carbonyl (C=O) groups excluding carboxylic acids is 1. The molecule has 6 N–H and O–H groups in total. The number of pyridine rings is 1. The normalized spacial score (nSPS) is 21.8. The summed E-state index contributed by atoms with van der Waals surface area (Å²) >= 11 is 0. The maximum absolute atomic E-state index is 16.6. The molecule has 2 saturated heterocycles. The Labute approximate surface area is 428 Å². The van der Waals surface area contributed by atoms with Crippen molar-refractivity contribution >= 4 is 44.0 Å². The van der Waals surface area contributed by atoms with E-state index in [0.717, 1.165) is 81.9 Å². The molecule has 1 amide bonds. The van der Waals surface area contributed by atoms with Crippen LogP contribution in [0.3, 0.4) is 0 Å². The first-order valence-corrected chi connectivity index (χ1v) is 27.3. The maximum atomic E-state index is 16.6. The second-order valence-corrected chi connectivity index (χ2v) is 23.3. The van der Waals surface area contributed by atoms with Gasteiger partial charge >= 0.3 is 0 Å². The fourth-order valence-electron chi connectivity index (χ4n) is 11.9. The fraction of sp³-hybridized carbons (Fsp3) is 0.439. The summed E-state index contributed by atoms with van der Waals surface area (Å²) in [7, 11) is -2.77. The highest BCUT2D eigenvalue weighted by molar-refractivity contribution is 7.90. The monoisotopic (exact) mass is 1010 g/mol. The molecule has 4 aromatic carbocycles. The first kappa shape index (κ1) is 50.3. The molecule has 0 bridgehead atoms. The number of fused-ring (bicyclic) bond motifs is 1. The quantitative estimate of drug-likeness (QED) is 0.0616. The Hall–Kier alpha value is -6.20. The van der Waals surface area contributed by atoms with E-state index < -0.39 is 27.3 Å². The number of aromatic amines is 1. The number of nitrogen functional groups attached to an aromatic ring is 1. The van der Waals surface area contributed by atoms with Crippen molar-refractivity contribution in [3.05, 3.63) is 131 Å². The Balaban J connectivity index is 0.832. The molecule has 2 aliphatic carbocycles. The van der Waals surface area contributed by atoms with E-state index in [1.807, 2.05) is 30.0 Å². The number of rotatable bonds is 15. The average molecular weight is 1010 g/mol. The second kappa shape index (κ2) is 20.6. The number of sulfonamides is 1. The average Bonchev–Trinajstić information content (AvgIpc) is 3.85. The van der Waals surface area contributed by atoms with Crippen molar-refractivity contribution in [2.24, 2.45) is 11.3 Å². The lowest BCUT2D eigenvalue weighted by molar-refractivity contribution is -0.0628. The Kier molecular flexibility index (Phi) is 14.2. The summed E-state index contributed by atoms with van der Waals surface area (Å²) in [6.45, 7) is 12.1. The molecule has 4 fully saturated rings. The predicted octanol–water partition coefficient (Wildman–Crippen LogP) is 9.99. The molecule has 1 unspecified atom stereocenters. The van der Waals surface area contributed by atoms with Crippen molar-refractivity contribution in [1.82, 2.24) is 24.5 Å². The maximum Gasteiger partial charge on any atom is 0.268 e. The summed E-state index contributed by atoms with van der Waals surface area (Å²) in [5.74, 6) is 0.183. The van der Waals surface area contributed by atoms with Crippen LogP contribution >= 0.6 is 0 Å². The number of ether oxygens (including phenoxy) is 2. The van der Waals surface area contributed by atoms with Crippen LogP contribution in [0.2, 0.25) is 0 Å². The van der Waals surface area contributed by atoms with Gasteiger partial charge < -0.3 is 35.5 Å². The smallest absolute Gasteiger partial charge is 0.268 e. The summed E-state index contributed by atoms with van der Waals surface area (Å²) in [6.07, 6.45) is 10.3. The largest absolute Gasteiger partial charge is 0.497 e. The molecule has 386 valence electrons. The molecule has 2 aliphatic heterocycles. The van der Waals surface area contributed by atoms with Crippen LogP contribution in [0.25, 0.3) is 11.0 Å². The van der Waals surface area contributed by atoms with Gasteiger partial charge in [0.15, 0.2) is 0 Å². The van der Waals surface area contributed by atoms with Crippen LogP contribution in [0.4, 0.5) is 21.5 Å². The van der Waals surface area contributed by atoms with Gasteiger partial charge in [0, 0.05) is 75.5 Å². The zero-order valence-corrected chi connectivity index (χ0v) is 43.2. The number of methoxy groups -OCH3 is 1. The van der Waals surface area contributed by atoms with Gasteiger partial charge in [-0.1, -0.05) is 50.2 Å². The van der Waals surface area contributed by atoms with E-state index >= 15 is 4.39 Å². The highest BCUT2D eigenvalue weighted by atomic mass is 32.2. The summed E-state index contributed by atoms with van der Waals surface area (Å²) < 4.78 is 58.0. The third-order valence-electron chi connectivity index (χ3n) is 16.2. The van der Waals surface area contributed by atoms with Crippen LogP contribution in [-0.2, 0) is 16.6 Å². The van der Waals surface area contributed by atoms with Crippen molar-refractivity contribution in [3.63, 3.8) is 0 Å². The van der Waals surface area contributed by atoms with E-state index in [1.54, 1.807) is 25.4 Å². The second-order valence-electron chi connectivity index (χ2n) is 21.7. The summed E-state index contributed by atoms with van der Waals surface area (Å²) in [5.41, 5.74) is 11.3. The number of anilines is 3. The van der Waals surface area contributed by atoms with E-state index in [-0.39, 0.29) is 39.0 Å². The zero-order valence-electron chi connectivity index (χ0n) is 42.4. The van der Waals surface area contributed by atoms with Crippen LogP contribution in [0.1, 0.15) is 111 Å². The molecule has 10 rings (SSSR count). The van der Waals surface area contributed by atoms with E-state index in [4.69, 9.17) is 15.2 Å². The van der Waals surface area contributed by atoms with Gasteiger partial charge in [0.25, 0.3) is 15.9 Å². The molecule has 0 radical (unpaired) electrons. The van der Waals surface area contributed by atoms with Crippen LogP contribution in [0.15, 0.2) is 108 Å². The number of nitrogens with zero attached hydrogens (tertiary/aromatic N) is 4. The van der Waals surface area contributed by atoms with Gasteiger partial charge in [-0.15, -0.1) is 0 Å². The van der Waals surface area contributed by atoms with Gasteiger partial charge in [-0.2, -0.15) is 0 Å². The van der Waals surface area contributed by atoms with Gasteiger partial charge in [0.05, 0.1) is 46.4 Å². The van der Waals surface area contributed by atoms with Crippen molar-refractivity contribution in [2.75, 3.05) is 62.3 Å². The number of piperidine rings is 1. The topological polar surface area (TPSA) is 178 Å². The number of amides is 1. The molecule has 1 spiro atoms. The van der Waals surface area contributed by atoms with Crippen molar-refractivity contribution in [1.29, 1.82) is 0 Å². The number of hydrogen-bond acceptors (Lipinski definition) is 12. The Morgan fingerprint density at radius 3 is 2.42 bits per heavy atom. The van der Waals surface area contributed by atoms with E-state index in [1.165, 1.54) is 41.1 Å². The molecule has 2 aromatic heterocycles. The number of hydrogen-bond donors (Lipinski definition) is 5. The number of H-pyrrole nitrogens is 1. The number of carbonyl (C=O) groups is 1. The minimum absolute atomic E-state index is 0.00748. The first-order valence-electron chi connectivity index (χ1n) is 25.9. The predicted molar refractivity (Wildman–Crippen MR) is 284 cm³/mol. The number of aliphatic hydroxyl groups is 1. The minimum Gasteiger partial charge on any atom is -0.497 e. The van der Waals surface area contributed by atoms with Gasteiger partial charge in [0.1, 0.15) is 28.7 Å². The summed E-state index contributed by atoms with van der Waals surface area (Å²) in [5, 5.41) is 14.4. The van der Waals surface area contributed by atoms with Gasteiger partial charge in [-0.25, -0.2) is 22.5 Å². The Morgan fingerprint density at radius 1 is 0.945 bits per heavy atom. The molecule has 4 heterocycles. The van der Waals surface area contributed by atoms with Crippen LogP contribution < -0.4 is 30.1 Å². The molecule has 16 heteroatoms. The van der Waals surface area contributed by atoms with Gasteiger partial charge in [-0.3, -0.25) is 14.6 Å². The standard InChI is InChI=1S/C57H69FN8O6S/c1-37(2)45-7-5-6-8-46(45)52-36-64(35-39-9-11-42(71-4)12-10-39)25-26-66(52)41-31-57(32-41)20-23-65(24-21-57)51-30-53(72-43-27-40-17-22-60-54(40)62-34-43)47(29-48(51)58)55(67)63-73(69,70)44-13-14-50(49(59)28-44)61-33-38-15-18-56(3,68)19-16-38/h5-14,17,22,27-30,34,37-38,41,52,61,68H,15-16,18-21,23-26,31-33,35-36,59H2,1-4H3,(H,60,62)(H,63,67)/t38-,52?,56-. The number of benzene rings is 4. The zero-order chi connectivity index (χ0) is 51.1. The van der Waals surface area contributed by atoms with Crippen LogP contribution in [0.5, 0.6) is 17.2 Å². The third-order valence-corrected chi connectivity index (χ3v) is 17.6. The lowest BCUT2D eigenvalue weighted by Gasteiger charge is -2.58. The Bertz CT molecular complexity index is 3050. The number of nitrogens with two attached hydrogens (primary N) is 1. The third kappa shape index (κ3) is 11.0. The van der Waals surface area contributed by atoms with Crippen LogP contribution in [-0.4, -0.2) is 97.2 Å². The van der Waals surface area contributed by atoms with E-state index in [2.05, 4.69) is 80.1 Å². The highest BCUT2D eigenvalue weighted by Crippen LogP contribution is 2.54. The number of halogens is 1. The summed E-state index contributed by atoms with van der Waals surface area (Å²) in [4.78, 5) is 28.7. The highest BCUT2D eigenvalue weighted by Gasteiger charge is 2.50. The Morgan fingerprint density at radius 2 is 1.70 bits per heavy atom. The summed E-state index contributed by atoms with van der Waals surface area (Å²) in [6, 6.07) is 28.4. The SMILES string of the molecule is COc1ccc(CN2CCN(C3CC4(CCN(c5cc(Oc6cnc7[nH]ccc7c6)c(C(=O)NS(=O)(=O)c6ccc(NC[C@H]7CC[C@](C)(O)CC7)c(N)c6)cc5F)CC4)C3)C(c3ccccc3C(C)C)C2)cc1. The first-order chi connectivity index (χ1) is 35.0. The lowest BCUT2D eigenvalue weighted by atomic mass is 9.59. The molecule has 1 atom stereocenters. The number of nitrogens with one attached hydrogen (secondary N) is 3. The molecule has 4 aliphatic rings. The molecular formula is C57H69FN8O6S. The van der Waals surface area contributed by atoms with E-state index in [9.17, 15) is 18.3 Å². The minimum atomic E-state index is -4.47. The molecule has 6 aromatic rings. The van der Waals surface area contributed by atoms with Crippen molar-refractivity contribution < 1.29 is 32.2 Å². The molecule has 2 saturated carbocycles. The van der Waals surface area contributed by atoms with Crippen molar-refractivity contribution in [3.8, 4) is 17.2 Å². The number of piperazine rings is 1. The lowest BCUT2D eigenvalue weighted by Crippen LogP contribution is -2.60. The number of aromatic nitrogens is 2. The molecule has 14 nitrogen and oxygen atoms in total. The molecular weight excluding hydrogens is 944 g/mol. The van der Waals surface area contributed by atoms with Crippen molar-refractivity contribution in [2.45, 2.75) is 107 Å². The fourth-order valence-corrected chi connectivity index (χ4v) is 12.9. The molecule has 73 heavy (non-hydrogen) atoms. The van der Waals surface area contributed by atoms with Gasteiger partial charge in [0.2, 0.25) is 0 Å². The van der Waals surface area contributed by atoms with Crippen LogP contribution in [0, 0.1) is 17.2 Å². The van der Waals surface area contributed by atoms with E-state index in [0.29, 0.717) is 67.4 Å².